The predicted molar refractivity (Wildman–Crippen MR) is 86.1 cm³/mol. The van der Waals surface area contributed by atoms with E-state index in [-0.39, 0.29) is 18.5 Å². The Hall–Kier alpha value is -2.90. The summed E-state index contributed by atoms with van der Waals surface area (Å²) >= 11 is 0. The van der Waals surface area contributed by atoms with Crippen LogP contribution < -0.4 is 4.74 Å². The summed E-state index contributed by atoms with van der Waals surface area (Å²) < 4.78 is 11.8. The van der Waals surface area contributed by atoms with Gasteiger partial charge in [-0.1, -0.05) is 24.9 Å². The number of imidazole rings is 1. The molecule has 0 atom stereocenters. The predicted octanol–water partition coefficient (Wildman–Crippen LogP) is 2.82. The molecule has 1 aromatic carbocycles. The molecule has 0 fully saturated rings. The van der Waals surface area contributed by atoms with Crippen molar-refractivity contribution < 1.29 is 19.2 Å². The number of hydrogen-bond donors (Lipinski definition) is 0. The lowest BCUT2D eigenvalue weighted by atomic mass is 10.0. The first kappa shape index (κ1) is 17.5. The fourth-order valence-corrected chi connectivity index (χ4v) is 2.19. The van der Waals surface area contributed by atoms with Crippen LogP contribution >= 0.6 is 0 Å². The molecule has 8 heteroatoms. The highest BCUT2D eigenvalue weighted by atomic mass is 16.6. The van der Waals surface area contributed by atoms with Gasteiger partial charge in [-0.3, -0.25) is 0 Å². The molecule has 2 aromatic rings. The molecule has 0 saturated heterocycles. The van der Waals surface area contributed by atoms with Gasteiger partial charge in [0.2, 0.25) is 0 Å². The van der Waals surface area contributed by atoms with E-state index in [1.165, 1.54) is 24.9 Å². The number of esters is 1. The molecule has 0 bridgehead atoms. The Bertz CT molecular complexity index is 767. The second-order valence-electron chi connectivity index (χ2n) is 5.56. The molecule has 1 aromatic heterocycles. The zero-order chi connectivity index (χ0) is 17.9. The van der Waals surface area contributed by atoms with Gasteiger partial charge in [-0.25, -0.2) is 9.36 Å². The first-order valence-corrected chi connectivity index (χ1v) is 7.35. The summed E-state index contributed by atoms with van der Waals surface area (Å²) in [5.41, 5.74) is 1.82. The Kier molecular flexibility index (Phi) is 5.18. The van der Waals surface area contributed by atoms with E-state index in [9.17, 15) is 14.9 Å². The normalized spacial score (nSPS) is 10.7. The van der Waals surface area contributed by atoms with Crippen molar-refractivity contribution >= 4 is 11.9 Å². The highest BCUT2D eigenvalue weighted by molar-refractivity contribution is 5.92. The van der Waals surface area contributed by atoms with E-state index in [0.717, 1.165) is 5.56 Å². The SMILES string of the molecule is COC(=O)c1cc(C(C)C)ccc1OCc1cnc([N+](=O)[O-])n1C. The second kappa shape index (κ2) is 7.12. The lowest BCUT2D eigenvalue weighted by molar-refractivity contribution is -0.396. The second-order valence-corrected chi connectivity index (χ2v) is 5.56. The molecule has 0 unspecified atom stereocenters. The molecular formula is C16H19N3O5. The number of carbonyl (C=O) groups is 1. The number of ether oxygens (including phenoxy) is 2. The largest absolute Gasteiger partial charge is 0.485 e. The average Bonchev–Trinajstić information content (AvgIpc) is 2.92. The van der Waals surface area contributed by atoms with Crippen molar-refractivity contribution in [2.45, 2.75) is 26.4 Å². The summed E-state index contributed by atoms with van der Waals surface area (Å²) in [4.78, 5) is 25.9. The smallest absolute Gasteiger partial charge is 0.434 e. The molecule has 0 amide bonds. The molecule has 0 spiro atoms. The summed E-state index contributed by atoms with van der Waals surface area (Å²) in [5, 5.41) is 10.8. The van der Waals surface area contributed by atoms with Gasteiger partial charge >= 0.3 is 11.9 Å². The minimum absolute atomic E-state index is 0.0440. The highest BCUT2D eigenvalue weighted by Crippen LogP contribution is 2.26. The Morgan fingerprint density at radius 3 is 2.67 bits per heavy atom. The molecule has 0 aliphatic rings. The summed E-state index contributed by atoms with van der Waals surface area (Å²) in [6.07, 6.45) is 1.37. The number of aromatic nitrogens is 2. The molecule has 1 heterocycles. The maximum Gasteiger partial charge on any atom is 0.434 e. The third-order valence-electron chi connectivity index (χ3n) is 3.67. The van der Waals surface area contributed by atoms with Crippen molar-refractivity contribution in [1.29, 1.82) is 0 Å². The molecule has 0 radical (unpaired) electrons. The lowest BCUT2D eigenvalue weighted by Gasteiger charge is -2.13. The van der Waals surface area contributed by atoms with E-state index in [0.29, 0.717) is 17.0 Å². The maximum absolute atomic E-state index is 12.0. The molecule has 0 N–H and O–H groups in total. The summed E-state index contributed by atoms with van der Waals surface area (Å²) in [6.45, 7) is 4.08. The molecule has 0 aliphatic heterocycles. The number of nitro groups is 1. The van der Waals surface area contributed by atoms with Crippen molar-refractivity contribution in [2.24, 2.45) is 7.05 Å². The van der Waals surface area contributed by atoms with E-state index in [1.54, 1.807) is 12.1 Å². The number of rotatable bonds is 6. The van der Waals surface area contributed by atoms with E-state index in [2.05, 4.69) is 4.98 Å². The third-order valence-corrected chi connectivity index (χ3v) is 3.67. The molecule has 0 saturated carbocycles. The third kappa shape index (κ3) is 3.53. The summed E-state index contributed by atoms with van der Waals surface area (Å²) in [6, 6.07) is 5.31. The number of methoxy groups -OCH3 is 1. The van der Waals surface area contributed by atoms with Gasteiger partial charge in [-0.2, -0.15) is 0 Å². The summed E-state index contributed by atoms with van der Waals surface area (Å²) in [5.74, 6) is -0.155. The van der Waals surface area contributed by atoms with E-state index in [1.807, 2.05) is 19.9 Å². The molecular weight excluding hydrogens is 314 g/mol. The van der Waals surface area contributed by atoms with Crippen molar-refractivity contribution in [3.63, 3.8) is 0 Å². The van der Waals surface area contributed by atoms with E-state index >= 15 is 0 Å². The van der Waals surface area contributed by atoms with Crippen LogP contribution in [-0.4, -0.2) is 27.6 Å². The van der Waals surface area contributed by atoms with Crippen LogP contribution in [0, 0.1) is 10.1 Å². The van der Waals surface area contributed by atoms with Crippen molar-refractivity contribution in [3.05, 3.63) is 51.3 Å². The topological polar surface area (TPSA) is 96.5 Å². The molecule has 128 valence electrons. The fourth-order valence-electron chi connectivity index (χ4n) is 2.19. The average molecular weight is 333 g/mol. The van der Waals surface area contributed by atoms with Crippen LogP contribution in [0.25, 0.3) is 0 Å². The van der Waals surface area contributed by atoms with Gasteiger partial charge in [0, 0.05) is 0 Å². The molecule has 2 rings (SSSR count). The van der Waals surface area contributed by atoms with Crippen LogP contribution in [-0.2, 0) is 18.4 Å². The van der Waals surface area contributed by atoms with E-state index in [4.69, 9.17) is 9.47 Å². The van der Waals surface area contributed by atoms with Crippen molar-refractivity contribution in [1.82, 2.24) is 9.55 Å². The van der Waals surface area contributed by atoms with Gasteiger partial charge in [0.1, 0.15) is 24.1 Å². The Labute approximate surface area is 139 Å². The number of nitrogens with zero attached hydrogens (tertiary/aromatic N) is 3. The standard InChI is InChI=1S/C16H19N3O5/c1-10(2)11-5-6-14(13(7-11)15(20)23-4)24-9-12-8-17-16(18(12)3)19(21)22/h5-8,10H,9H2,1-4H3. The van der Waals surface area contributed by atoms with Crippen molar-refractivity contribution in [2.75, 3.05) is 7.11 Å². The Balaban J connectivity index is 2.26. The Morgan fingerprint density at radius 2 is 2.12 bits per heavy atom. The minimum Gasteiger partial charge on any atom is -0.485 e. The molecule has 0 aliphatic carbocycles. The van der Waals surface area contributed by atoms with Gasteiger partial charge in [-0.15, -0.1) is 0 Å². The quantitative estimate of drug-likeness (QED) is 0.458. The first-order chi connectivity index (χ1) is 11.3. The maximum atomic E-state index is 12.0. The fraction of sp³-hybridized carbons (Fsp3) is 0.375. The Morgan fingerprint density at radius 1 is 1.42 bits per heavy atom. The van der Waals surface area contributed by atoms with Gasteiger partial charge < -0.3 is 19.6 Å². The zero-order valence-corrected chi connectivity index (χ0v) is 14.0. The van der Waals surface area contributed by atoms with Gasteiger partial charge in [0.25, 0.3) is 0 Å². The lowest BCUT2D eigenvalue weighted by Crippen LogP contribution is -2.09. The van der Waals surface area contributed by atoms with Crippen LogP contribution in [0.5, 0.6) is 5.75 Å². The van der Waals surface area contributed by atoms with Crippen LogP contribution in [0.4, 0.5) is 5.95 Å². The van der Waals surface area contributed by atoms with Gasteiger partial charge in [0.05, 0.1) is 14.2 Å². The van der Waals surface area contributed by atoms with Crippen LogP contribution in [0.2, 0.25) is 0 Å². The van der Waals surface area contributed by atoms with Crippen LogP contribution in [0.15, 0.2) is 24.4 Å². The monoisotopic (exact) mass is 333 g/mol. The molecule has 8 nitrogen and oxygen atoms in total. The van der Waals surface area contributed by atoms with Gasteiger partial charge in [0.15, 0.2) is 5.69 Å². The first-order valence-electron chi connectivity index (χ1n) is 7.35. The van der Waals surface area contributed by atoms with Gasteiger partial charge in [-0.05, 0) is 28.5 Å². The van der Waals surface area contributed by atoms with Crippen LogP contribution in [0.1, 0.15) is 41.4 Å². The van der Waals surface area contributed by atoms with Crippen LogP contribution in [0.3, 0.4) is 0 Å². The van der Waals surface area contributed by atoms with Crippen molar-refractivity contribution in [3.8, 4) is 5.75 Å². The number of carbonyl (C=O) groups excluding carboxylic acids is 1. The minimum atomic E-state index is -0.569. The van der Waals surface area contributed by atoms with E-state index < -0.39 is 10.9 Å². The highest BCUT2D eigenvalue weighted by Gasteiger charge is 2.20. The molecule has 24 heavy (non-hydrogen) atoms. The summed E-state index contributed by atoms with van der Waals surface area (Å²) in [7, 11) is 2.84. The number of hydrogen-bond acceptors (Lipinski definition) is 6. The zero-order valence-electron chi connectivity index (χ0n) is 14.0. The number of benzene rings is 1.